The Morgan fingerprint density at radius 2 is 1.84 bits per heavy atom. The number of para-hydroxylation sites is 1. The predicted octanol–water partition coefficient (Wildman–Crippen LogP) is 4.04. The Morgan fingerprint density at radius 3 is 2.52 bits per heavy atom. The Morgan fingerprint density at radius 1 is 1.12 bits per heavy atom. The van der Waals surface area contributed by atoms with Gasteiger partial charge in [0.25, 0.3) is 0 Å². The number of anilines is 1. The third kappa shape index (κ3) is 3.88. The monoisotopic (exact) mass is 335 g/mol. The maximum absolute atomic E-state index is 12.1. The van der Waals surface area contributed by atoms with Gasteiger partial charge >= 0.3 is 5.91 Å². The van der Waals surface area contributed by atoms with E-state index in [-0.39, 0.29) is 11.7 Å². The Labute approximate surface area is 146 Å². The number of carbonyl (C=O) groups is 1. The summed E-state index contributed by atoms with van der Waals surface area (Å²) >= 11 is 0. The number of rotatable bonds is 6. The average Bonchev–Trinajstić information content (AvgIpc) is 3.08. The number of amides is 1. The average molecular weight is 335 g/mol. The van der Waals surface area contributed by atoms with Gasteiger partial charge in [-0.25, -0.2) is 5.43 Å². The summed E-state index contributed by atoms with van der Waals surface area (Å²) in [6.45, 7) is 6.20. The van der Waals surface area contributed by atoms with E-state index in [2.05, 4.69) is 41.4 Å². The first-order valence-electron chi connectivity index (χ1n) is 8.38. The van der Waals surface area contributed by atoms with Crippen molar-refractivity contribution in [3.63, 3.8) is 0 Å². The molecule has 25 heavy (non-hydrogen) atoms. The lowest BCUT2D eigenvalue weighted by Gasteiger charge is -2.20. The molecule has 128 valence electrons. The lowest BCUT2D eigenvalue weighted by atomic mass is 10.2. The zero-order chi connectivity index (χ0) is 17.6. The minimum Gasteiger partial charge on any atom is -0.451 e. The number of hydrazone groups is 1. The number of furan rings is 1. The molecule has 1 N–H and O–H groups in total. The van der Waals surface area contributed by atoms with Crippen LogP contribution < -0.4 is 10.3 Å². The molecule has 0 aliphatic rings. The van der Waals surface area contributed by atoms with Gasteiger partial charge in [-0.3, -0.25) is 4.79 Å². The molecule has 2 aromatic carbocycles. The van der Waals surface area contributed by atoms with Crippen LogP contribution in [-0.2, 0) is 0 Å². The van der Waals surface area contributed by atoms with E-state index in [1.165, 1.54) is 5.69 Å². The SMILES string of the molecule is CCN(CC)c1ccc(/C=N\NC(=O)c2cc3ccccc3o2)cc1. The van der Waals surface area contributed by atoms with E-state index in [4.69, 9.17) is 4.42 Å². The maximum atomic E-state index is 12.1. The molecule has 1 aromatic heterocycles. The molecule has 0 spiro atoms. The molecule has 0 unspecified atom stereocenters. The fraction of sp³-hybridized carbons (Fsp3) is 0.200. The third-order valence-electron chi connectivity index (χ3n) is 4.05. The van der Waals surface area contributed by atoms with Crippen molar-refractivity contribution in [2.24, 2.45) is 5.10 Å². The van der Waals surface area contributed by atoms with Gasteiger partial charge in [-0.15, -0.1) is 0 Å². The van der Waals surface area contributed by atoms with Crippen molar-refractivity contribution in [1.29, 1.82) is 0 Å². The summed E-state index contributed by atoms with van der Waals surface area (Å²) < 4.78 is 5.51. The summed E-state index contributed by atoms with van der Waals surface area (Å²) in [7, 11) is 0. The smallest absolute Gasteiger partial charge is 0.307 e. The summed E-state index contributed by atoms with van der Waals surface area (Å²) in [4.78, 5) is 14.4. The lowest BCUT2D eigenvalue weighted by molar-refractivity contribution is 0.0929. The van der Waals surface area contributed by atoms with Crippen molar-refractivity contribution >= 4 is 28.8 Å². The fourth-order valence-electron chi connectivity index (χ4n) is 2.67. The Balaban J connectivity index is 1.63. The first-order chi connectivity index (χ1) is 12.2. The van der Waals surface area contributed by atoms with Gasteiger partial charge in [-0.2, -0.15) is 5.10 Å². The van der Waals surface area contributed by atoms with Gasteiger partial charge in [-0.05, 0) is 43.7 Å². The van der Waals surface area contributed by atoms with E-state index >= 15 is 0 Å². The normalized spacial score (nSPS) is 11.1. The highest BCUT2D eigenvalue weighted by molar-refractivity contribution is 5.96. The predicted molar refractivity (Wildman–Crippen MR) is 101 cm³/mol. The zero-order valence-corrected chi connectivity index (χ0v) is 14.4. The van der Waals surface area contributed by atoms with Gasteiger partial charge in [0.15, 0.2) is 5.76 Å². The Hall–Kier alpha value is -3.08. The van der Waals surface area contributed by atoms with E-state index < -0.39 is 0 Å². The van der Waals surface area contributed by atoms with Crippen molar-refractivity contribution in [3.05, 3.63) is 65.9 Å². The van der Waals surface area contributed by atoms with Crippen LogP contribution in [0.5, 0.6) is 0 Å². The second-order valence-electron chi connectivity index (χ2n) is 5.61. The molecule has 0 aliphatic carbocycles. The highest BCUT2D eigenvalue weighted by Gasteiger charge is 2.10. The van der Waals surface area contributed by atoms with Gasteiger partial charge in [0.05, 0.1) is 6.21 Å². The van der Waals surface area contributed by atoms with Crippen molar-refractivity contribution < 1.29 is 9.21 Å². The Bertz CT molecular complexity index is 844. The highest BCUT2D eigenvalue weighted by atomic mass is 16.3. The van der Waals surface area contributed by atoms with Crippen LogP contribution in [-0.4, -0.2) is 25.2 Å². The molecule has 0 radical (unpaired) electrons. The second kappa shape index (κ2) is 7.66. The second-order valence-corrected chi connectivity index (χ2v) is 5.61. The van der Waals surface area contributed by atoms with Gasteiger partial charge < -0.3 is 9.32 Å². The summed E-state index contributed by atoms with van der Waals surface area (Å²) in [5, 5.41) is 4.90. The molecule has 0 atom stereocenters. The molecule has 5 heteroatoms. The van der Waals surface area contributed by atoms with Crippen LogP contribution in [0.1, 0.15) is 30.0 Å². The number of nitrogens with one attached hydrogen (secondary N) is 1. The molecule has 1 heterocycles. The number of benzene rings is 2. The van der Waals surface area contributed by atoms with Gasteiger partial charge in [0, 0.05) is 24.2 Å². The van der Waals surface area contributed by atoms with Crippen LogP contribution in [0.15, 0.2) is 64.1 Å². The molecule has 0 fully saturated rings. The topological polar surface area (TPSA) is 57.8 Å². The molecule has 5 nitrogen and oxygen atoms in total. The summed E-state index contributed by atoms with van der Waals surface area (Å²) in [6.07, 6.45) is 1.62. The van der Waals surface area contributed by atoms with E-state index in [9.17, 15) is 4.79 Å². The molecule has 0 saturated carbocycles. The highest BCUT2D eigenvalue weighted by Crippen LogP contribution is 2.18. The molecule has 0 bridgehead atoms. The summed E-state index contributed by atoms with van der Waals surface area (Å²) in [5.41, 5.74) is 5.27. The number of nitrogens with zero attached hydrogens (tertiary/aromatic N) is 2. The van der Waals surface area contributed by atoms with Crippen molar-refractivity contribution in [2.45, 2.75) is 13.8 Å². The molecule has 3 aromatic rings. The first-order valence-corrected chi connectivity index (χ1v) is 8.38. The Kier molecular flexibility index (Phi) is 5.14. The molecule has 0 aliphatic heterocycles. The maximum Gasteiger partial charge on any atom is 0.307 e. The van der Waals surface area contributed by atoms with Gasteiger partial charge in [0.1, 0.15) is 5.58 Å². The number of carbonyl (C=O) groups excluding carboxylic acids is 1. The van der Waals surface area contributed by atoms with Crippen molar-refractivity contribution in [1.82, 2.24) is 5.43 Å². The van der Waals surface area contributed by atoms with Crippen molar-refractivity contribution in [3.8, 4) is 0 Å². The third-order valence-corrected chi connectivity index (χ3v) is 4.05. The van der Waals surface area contributed by atoms with E-state index in [1.54, 1.807) is 12.3 Å². The number of hydrogen-bond donors (Lipinski definition) is 1. The van der Waals surface area contributed by atoms with Gasteiger partial charge in [-0.1, -0.05) is 30.3 Å². The molecule has 3 rings (SSSR count). The van der Waals surface area contributed by atoms with E-state index in [0.717, 1.165) is 24.0 Å². The van der Waals surface area contributed by atoms with Crippen molar-refractivity contribution in [2.75, 3.05) is 18.0 Å². The largest absolute Gasteiger partial charge is 0.451 e. The van der Waals surface area contributed by atoms with Crippen LogP contribution in [0.25, 0.3) is 11.0 Å². The lowest BCUT2D eigenvalue weighted by Crippen LogP contribution is -2.21. The minimum atomic E-state index is -0.368. The van der Waals surface area contributed by atoms with E-state index in [0.29, 0.717) is 5.58 Å². The molecule has 0 saturated heterocycles. The molecular formula is C20H21N3O2. The molecular weight excluding hydrogens is 314 g/mol. The molecule has 1 amide bonds. The van der Waals surface area contributed by atoms with Crippen LogP contribution in [0.3, 0.4) is 0 Å². The fourth-order valence-corrected chi connectivity index (χ4v) is 2.67. The standard InChI is InChI=1S/C20H21N3O2/c1-3-23(4-2)17-11-9-15(10-12-17)14-21-22-20(24)19-13-16-7-5-6-8-18(16)25-19/h5-14H,3-4H2,1-2H3,(H,22,24)/b21-14-. The first kappa shape index (κ1) is 16.8. The van der Waals surface area contributed by atoms with E-state index in [1.807, 2.05) is 36.4 Å². The van der Waals surface area contributed by atoms with Crippen LogP contribution >= 0.6 is 0 Å². The van der Waals surface area contributed by atoms with Crippen LogP contribution in [0.4, 0.5) is 5.69 Å². The quantitative estimate of drug-likeness (QED) is 0.546. The number of fused-ring (bicyclic) bond motifs is 1. The van der Waals surface area contributed by atoms with Gasteiger partial charge in [0.2, 0.25) is 0 Å². The van der Waals surface area contributed by atoms with Crippen LogP contribution in [0, 0.1) is 0 Å². The zero-order valence-electron chi connectivity index (χ0n) is 14.4. The number of hydrogen-bond acceptors (Lipinski definition) is 4. The summed E-state index contributed by atoms with van der Waals surface area (Å²) in [5.74, 6) is -0.123. The van der Waals surface area contributed by atoms with Crippen LogP contribution in [0.2, 0.25) is 0 Å². The minimum absolute atomic E-state index is 0.246. The summed E-state index contributed by atoms with van der Waals surface area (Å²) in [6, 6.07) is 17.3.